The summed E-state index contributed by atoms with van der Waals surface area (Å²) in [5, 5.41) is 0. The van der Waals surface area contributed by atoms with Crippen LogP contribution in [0, 0.1) is 0 Å². The van der Waals surface area contributed by atoms with Crippen LogP contribution in [0.2, 0.25) is 0 Å². The van der Waals surface area contributed by atoms with Crippen LogP contribution in [0.3, 0.4) is 0 Å². The van der Waals surface area contributed by atoms with Crippen molar-refractivity contribution in [1.29, 1.82) is 0 Å². The molecule has 0 radical (unpaired) electrons. The van der Waals surface area contributed by atoms with E-state index < -0.39 is 28.1 Å². The van der Waals surface area contributed by atoms with Crippen molar-refractivity contribution < 1.29 is 27.4 Å². The Hall–Kier alpha value is 0.635. The second-order valence-electron chi connectivity index (χ2n) is 3.39. The maximum atomic E-state index is 11.3. The van der Waals surface area contributed by atoms with E-state index in [1.807, 2.05) is 0 Å². The molecule has 0 aliphatic heterocycles. The van der Waals surface area contributed by atoms with Crippen molar-refractivity contribution in [3.8, 4) is 0 Å². The van der Waals surface area contributed by atoms with E-state index in [0.29, 0.717) is 0 Å². The molecule has 2 unspecified atom stereocenters. The quantitative estimate of drug-likeness (QED) is 0.590. The molecule has 0 aliphatic rings. The molecule has 1 N–H and O–H groups in total. The molecule has 10 heteroatoms. The fraction of sp³-hybridized carbons (Fsp3) is 1.00. The van der Waals surface area contributed by atoms with Crippen LogP contribution in [0.4, 0.5) is 0 Å². The van der Waals surface area contributed by atoms with E-state index in [4.69, 9.17) is 0 Å². The summed E-state index contributed by atoms with van der Waals surface area (Å²) in [5.41, 5.74) is 0. The fourth-order valence-corrected chi connectivity index (χ4v) is 6.96. The molecular formula is C4H14BO6P3. The zero-order valence-electron chi connectivity index (χ0n) is 8.54. The Morgan fingerprint density at radius 3 is 2.00 bits per heavy atom. The van der Waals surface area contributed by atoms with E-state index in [-0.39, 0.29) is 0 Å². The molecule has 0 bridgehead atoms. The van der Waals surface area contributed by atoms with Crippen LogP contribution in [-0.4, -0.2) is 38.8 Å². The van der Waals surface area contributed by atoms with Crippen LogP contribution in [0.25, 0.3) is 0 Å². The van der Waals surface area contributed by atoms with Crippen molar-refractivity contribution in [1.82, 2.24) is 0 Å². The van der Waals surface area contributed by atoms with Gasteiger partial charge >= 0.3 is 7.60 Å². The van der Waals surface area contributed by atoms with Gasteiger partial charge in [-0.25, -0.2) is 4.31 Å². The third kappa shape index (κ3) is 7.00. The smallest absolute Gasteiger partial charge is 0.324 e. The maximum absolute atomic E-state index is 11.3. The summed E-state index contributed by atoms with van der Waals surface area (Å²) < 4.78 is 42.6. The molecule has 0 saturated carbocycles. The molecule has 0 heterocycles. The summed E-state index contributed by atoms with van der Waals surface area (Å²) in [6, 6.07) is 0. The van der Waals surface area contributed by atoms with Crippen molar-refractivity contribution in [2.75, 3.05) is 26.3 Å². The molecule has 0 rings (SSSR count). The highest BCUT2D eigenvalue weighted by Crippen LogP contribution is 2.64. The highest BCUT2D eigenvalue weighted by Gasteiger charge is 2.33. The molecule has 0 aromatic carbocycles. The lowest BCUT2D eigenvalue weighted by molar-refractivity contribution is 0.314. The fourth-order valence-electron chi connectivity index (χ4n) is 0.721. The van der Waals surface area contributed by atoms with Crippen molar-refractivity contribution in [2.24, 2.45) is 0 Å². The first kappa shape index (κ1) is 14.6. The Kier molecular flexibility index (Phi) is 4.86. The summed E-state index contributed by atoms with van der Waals surface area (Å²) in [6.07, 6.45) is 0. The van der Waals surface area contributed by atoms with Crippen LogP contribution >= 0.6 is 22.2 Å². The molecule has 0 saturated heterocycles. The molecule has 0 aromatic rings. The van der Waals surface area contributed by atoms with Crippen molar-refractivity contribution in [2.45, 2.75) is 0 Å². The Balaban J connectivity index is 4.60. The minimum Gasteiger partial charge on any atom is -0.324 e. The molecule has 84 valence electrons. The minimum atomic E-state index is -4.10. The van der Waals surface area contributed by atoms with Crippen LogP contribution in [0.1, 0.15) is 0 Å². The molecular weight excluding hydrogens is 248 g/mol. The largest absolute Gasteiger partial charge is 0.341 e. The van der Waals surface area contributed by atoms with Crippen LogP contribution in [0.5, 0.6) is 0 Å². The molecule has 0 fully saturated rings. The summed E-state index contributed by atoms with van der Waals surface area (Å²) in [4.78, 5) is 9.23. The molecule has 0 amide bonds. The number of rotatable bonds is 5. The highest BCUT2D eigenvalue weighted by molar-refractivity contribution is 7.86. The highest BCUT2D eigenvalue weighted by atomic mass is 31.3. The SMILES string of the molecule is BP(=O)(OC)OP(=O)(O)CP(C)(C)=O. The third-order valence-electron chi connectivity index (χ3n) is 1.13. The monoisotopic (exact) mass is 262 g/mol. The van der Waals surface area contributed by atoms with Gasteiger partial charge in [0.05, 0.1) is 7.14 Å². The summed E-state index contributed by atoms with van der Waals surface area (Å²) >= 11 is 0. The topological polar surface area (TPSA) is 89.9 Å². The zero-order chi connectivity index (χ0) is 11.6. The minimum absolute atomic E-state index is 0.499. The van der Waals surface area contributed by atoms with E-state index >= 15 is 0 Å². The van der Waals surface area contributed by atoms with Gasteiger partial charge in [-0.2, -0.15) is 0 Å². The van der Waals surface area contributed by atoms with Gasteiger partial charge in [-0.1, -0.05) is 0 Å². The maximum Gasteiger partial charge on any atom is 0.341 e. The predicted octanol–water partition coefficient (Wildman–Crippen LogP) is 1.16. The van der Waals surface area contributed by atoms with Crippen molar-refractivity contribution >= 4 is 29.8 Å². The standard InChI is InChI=1S/C4H14BO6P3/c1-10-14(5,9)11-13(7,8)4-12(2,3)6/h4-5H2,1-3H3,(H,7,8). The molecule has 6 nitrogen and oxygen atoms in total. The van der Waals surface area contributed by atoms with Crippen molar-refractivity contribution in [3.05, 3.63) is 0 Å². The zero-order valence-corrected chi connectivity index (χ0v) is 11.2. The second kappa shape index (κ2) is 4.65. The van der Waals surface area contributed by atoms with Gasteiger partial charge in [0.15, 0.2) is 0 Å². The van der Waals surface area contributed by atoms with Gasteiger partial charge in [0, 0.05) is 7.11 Å². The first-order chi connectivity index (χ1) is 5.97. The molecule has 14 heavy (non-hydrogen) atoms. The molecule has 2 atom stereocenters. The summed E-state index contributed by atoms with van der Waals surface area (Å²) in [7, 11) is -8.13. The normalized spacial score (nSPS) is 21.1. The average Bonchev–Trinajstić information content (AvgIpc) is 1.78. The van der Waals surface area contributed by atoms with Gasteiger partial charge in [-0.05, 0) is 13.3 Å². The molecule has 0 aliphatic carbocycles. The van der Waals surface area contributed by atoms with E-state index in [1.54, 1.807) is 0 Å². The molecule has 0 spiro atoms. The van der Waals surface area contributed by atoms with E-state index in [0.717, 1.165) is 14.7 Å². The predicted molar refractivity (Wildman–Crippen MR) is 58.4 cm³/mol. The van der Waals surface area contributed by atoms with Gasteiger partial charge < -0.3 is 14.0 Å². The van der Waals surface area contributed by atoms with E-state index in [1.165, 1.54) is 13.3 Å². The lowest BCUT2D eigenvalue weighted by Gasteiger charge is -2.18. The van der Waals surface area contributed by atoms with Crippen LogP contribution < -0.4 is 0 Å². The second-order valence-corrected chi connectivity index (χ2v) is 11.5. The summed E-state index contributed by atoms with van der Waals surface area (Å²) in [5.74, 6) is -0.499. The number of hydrogen-bond donors (Lipinski definition) is 1. The van der Waals surface area contributed by atoms with E-state index in [2.05, 4.69) is 8.83 Å². The van der Waals surface area contributed by atoms with Crippen LogP contribution in [-0.2, 0) is 22.5 Å². The first-order valence-electron chi connectivity index (χ1n) is 3.68. The Labute approximate surface area is 84.2 Å². The third-order valence-corrected chi connectivity index (χ3v) is 8.15. The van der Waals surface area contributed by atoms with E-state index in [9.17, 15) is 18.6 Å². The Morgan fingerprint density at radius 2 is 1.71 bits per heavy atom. The van der Waals surface area contributed by atoms with Gasteiger partial charge in [-0.3, -0.25) is 9.13 Å². The van der Waals surface area contributed by atoms with Gasteiger partial charge in [0.2, 0.25) is 0 Å². The Bertz CT molecular complexity index is 334. The Morgan fingerprint density at radius 1 is 1.29 bits per heavy atom. The molecule has 0 aromatic heterocycles. The first-order valence-corrected chi connectivity index (χ1v) is 10.2. The van der Waals surface area contributed by atoms with Gasteiger partial charge in [0.25, 0.3) is 15.0 Å². The van der Waals surface area contributed by atoms with Crippen molar-refractivity contribution in [3.63, 3.8) is 0 Å². The van der Waals surface area contributed by atoms with Gasteiger partial charge in [0.1, 0.15) is 5.90 Å². The summed E-state index contributed by atoms with van der Waals surface area (Å²) in [6.45, 7) is 2.71. The lowest BCUT2D eigenvalue weighted by atomic mass is 10.8. The van der Waals surface area contributed by atoms with Gasteiger partial charge in [-0.15, -0.1) is 0 Å². The lowest BCUT2D eigenvalue weighted by Crippen LogP contribution is -1.95. The average molecular weight is 262 g/mol. The number of hydrogen-bond acceptors (Lipinski definition) is 5. The van der Waals surface area contributed by atoms with Crippen LogP contribution in [0.15, 0.2) is 0 Å².